The van der Waals surface area contributed by atoms with Crippen LogP contribution in [0.15, 0.2) is 18.2 Å². The molecule has 0 radical (unpaired) electrons. The van der Waals surface area contributed by atoms with Gasteiger partial charge in [0.15, 0.2) is 9.84 Å². The zero-order valence-electron chi connectivity index (χ0n) is 14.3. The van der Waals surface area contributed by atoms with Crippen LogP contribution in [0.4, 0.5) is 0 Å². The second kappa shape index (κ2) is 7.01. The molecule has 1 atom stereocenters. The Labute approximate surface area is 146 Å². The summed E-state index contributed by atoms with van der Waals surface area (Å²) in [5.41, 5.74) is 1.65. The van der Waals surface area contributed by atoms with Crippen LogP contribution in [-0.2, 0) is 21.2 Å². The number of carbonyl (C=O) groups is 1. The molecule has 1 aliphatic rings. The predicted molar refractivity (Wildman–Crippen MR) is 94.2 cm³/mol. The van der Waals surface area contributed by atoms with Crippen LogP contribution in [0, 0.1) is 0 Å². The lowest BCUT2D eigenvalue weighted by molar-refractivity contribution is -0.122. The number of hydrogen-bond donors (Lipinski definition) is 2. The van der Waals surface area contributed by atoms with Gasteiger partial charge in [-0.15, -0.1) is 0 Å². The minimum atomic E-state index is -2.95. The topological polar surface area (TPSA) is 104 Å². The number of aromatic amines is 1. The van der Waals surface area contributed by atoms with Gasteiger partial charge in [-0.05, 0) is 25.6 Å². The molecule has 8 nitrogen and oxygen atoms in total. The lowest BCUT2D eigenvalue weighted by Crippen LogP contribution is -2.41. The average molecular weight is 366 g/mol. The largest absolute Gasteiger partial charge is 0.497 e. The second-order valence-electron chi connectivity index (χ2n) is 6.32. The fourth-order valence-corrected chi connectivity index (χ4v) is 4.77. The van der Waals surface area contributed by atoms with Crippen molar-refractivity contribution in [2.75, 3.05) is 32.2 Å². The SMILES string of the molecule is COc1ccc2nc(CNC(=O)CN(C)[C@@H]3CCS(=O)(=O)C3)[nH]c2c1. The lowest BCUT2D eigenvalue weighted by Gasteiger charge is -2.22. The molecule has 0 aliphatic carbocycles. The number of fused-ring (bicyclic) bond motifs is 1. The van der Waals surface area contributed by atoms with E-state index in [9.17, 15) is 13.2 Å². The third-order valence-electron chi connectivity index (χ3n) is 4.42. The Kier molecular flexibility index (Phi) is 4.96. The van der Waals surface area contributed by atoms with Gasteiger partial charge in [0, 0.05) is 12.1 Å². The maximum absolute atomic E-state index is 12.1. The van der Waals surface area contributed by atoms with Crippen LogP contribution in [-0.4, -0.2) is 67.4 Å². The number of nitrogens with zero attached hydrogens (tertiary/aromatic N) is 2. The zero-order chi connectivity index (χ0) is 18.0. The normalized spacial score (nSPS) is 19.4. The van der Waals surface area contributed by atoms with E-state index in [2.05, 4.69) is 15.3 Å². The van der Waals surface area contributed by atoms with E-state index in [1.807, 2.05) is 18.2 Å². The van der Waals surface area contributed by atoms with E-state index < -0.39 is 9.84 Å². The molecule has 2 aromatic rings. The van der Waals surface area contributed by atoms with Gasteiger partial charge in [-0.1, -0.05) is 0 Å². The van der Waals surface area contributed by atoms with E-state index >= 15 is 0 Å². The van der Waals surface area contributed by atoms with E-state index in [4.69, 9.17) is 4.74 Å². The Morgan fingerprint density at radius 1 is 1.48 bits per heavy atom. The molecule has 0 spiro atoms. The van der Waals surface area contributed by atoms with Crippen molar-refractivity contribution in [3.8, 4) is 5.75 Å². The van der Waals surface area contributed by atoms with Crippen LogP contribution < -0.4 is 10.1 Å². The molecule has 0 bridgehead atoms. The molecule has 1 aromatic carbocycles. The van der Waals surface area contributed by atoms with Crippen molar-refractivity contribution in [3.63, 3.8) is 0 Å². The Hall–Kier alpha value is -2.13. The van der Waals surface area contributed by atoms with E-state index in [-0.39, 0.29) is 36.5 Å². The molecular formula is C16H22N4O4S. The average Bonchev–Trinajstić information content (AvgIpc) is 3.14. The number of methoxy groups -OCH3 is 1. The number of nitrogens with one attached hydrogen (secondary N) is 2. The van der Waals surface area contributed by atoms with Crippen molar-refractivity contribution in [3.05, 3.63) is 24.0 Å². The monoisotopic (exact) mass is 366 g/mol. The molecule has 136 valence electrons. The number of imidazole rings is 1. The zero-order valence-corrected chi connectivity index (χ0v) is 15.1. The van der Waals surface area contributed by atoms with Gasteiger partial charge in [0.05, 0.1) is 42.7 Å². The van der Waals surface area contributed by atoms with Crippen molar-refractivity contribution in [1.29, 1.82) is 0 Å². The number of H-pyrrole nitrogens is 1. The third-order valence-corrected chi connectivity index (χ3v) is 6.17. The Bertz CT molecular complexity index is 877. The van der Waals surface area contributed by atoms with Gasteiger partial charge in [-0.2, -0.15) is 0 Å². The number of likely N-dealkylation sites (N-methyl/N-ethyl adjacent to an activating group) is 1. The van der Waals surface area contributed by atoms with Crippen molar-refractivity contribution >= 4 is 26.8 Å². The van der Waals surface area contributed by atoms with Crippen LogP contribution in [0.2, 0.25) is 0 Å². The molecule has 2 heterocycles. The fraction of sp³-hybridized carbons (Fsp3) is 0.500. The summed E-state index contributed by atoms with van der Waals surface area (Å²) in [4.78, 5) is 21.5. The minimum absolute atomic E-state index is 0.0885. The maximum atomic E-state index is 12.1. The van der Waals surface area contributed by atoms with Gasteiger partial charge in [0.1, 0.15) is 11.6 Å². The van der Waals surface area contributed by atoms with Crippen LogP contribution in [0.5, 0.6) is 5.75 Å². The standard InChI is InChI=1S/C16H22N4O4S/c1-20(11-5-6-25(22,23)10-11)9-16(21)17-8-15-18-13-4-3-12(24-2)7-14(13)19-15/h3-4,7,11H,5-6,8-10H2,1-2H3,(H,17,21)(H,18,19)/t11-/m1/s1. The van der Waals surface area contributed by atoms with Crippen molar-refractivity contribution < 1.29 is 17.9 Å². The molecule has 1 saturated heterocycles. The van der Waals surface area contributed by atoms with Crippen LogP contribution in [0.25, 0.3) is 11.0 Å². The molecule has 3 rings (SSSR count). The Morgan fingerprint density at radius 3 is 2.96 bits per heavy atom. The molecule has 1 fully saturated rings. The number of sulfone groups is 1. The first kappa shape index (κ1) is 17.7. The van der Waals surface area contributed by atoms with Gasteiger partial charge < -0.3 is 15.0 Å². The molecule has 1 aromatic heterocycles. The molecular weight excluding hydrogens is 344 g/mol. The smallest absolute Gasteiger partial charge is 0.234 e. The van der Waals surface area contributed by atoms with E-state index in [0.29, 0.717) is 12.2 Å². The quantitative estimate of drug-likeness (QED) is 0.762. The highest BCUT2D eigenvalue weighted by atomic mass is 32.2. The number of benzene rings is 1. The van der Waals surface area contributed by atoms with Gasteiger partial charge in [-0.3, -0.25) is 9.69 Å². The van der Waals surface area contributed by atoms with Crippen molar-refractivity contribution in [2.45, 2.75) is 19.0 Å². The summed E-state index contributed by atoms with van der Waals surface area (Å²) in [6.45, 7) is 0.445. The van der Waals surface area contributed by atoms with E-state index in [1.165, 1.54) is 0 Å². The summed E-state index contributed by atoms with van der Waals surface area (Å²) in [6, 6.07) is 5.44. The maximum Gasteiger partial charge on any atom is 0.234 e. The molecule has 1 amide bonds. The van der Waals surface area contributed by atoms with E-state index in [0.717, 1.165) is 16.8 Å². The summed E-state index contributed by atoms with van der Waals surface area (Å²) in [7, 11) is 0.428. The molecule has 0 unspecified atom stereocenters. The first-order valence-electron chi connectivity index (χ1n) is 8.06. The highest BCUT2D eigenvalue weighted by Crippen LogP contribution is 2.19. The predicted octanol–water partition coefficient (Wildman–Crippen LogP) is 0.307. The molecule has 1 aliphatic heterocycles. The third kappa shape index (κ3) is 4.29. The number of aromatic nitrogens is 2. The highest BCUT2D eigenvalue weighted by Gasteiger charge is 2.31. The van der Waals surface area contributed by atoms with Crippen LogP contribution >= 0.6 is 0 Å². The van der Waals surface area contributed by atoms with Crippen LogP contribution in [0.1, 0.15) is 12.2 Å². The van der Waals surface area contributed by atoms with E-state index in [1.54, 1.807) is 19.1 Å². The summed E-state index contributed by atoms with van der Waals surface area (Å²) in [5, 5.41) is 2.81. The second-order valence-corrected chi connectivity index (χ2v) is 8.54. The molecule has 25 heavy (non-hydrogen) atoms. The fourth-order valence-electron chi connectivity index (χ4n) is 2.97. The number of ether oxygens (including phenoxy) is 1. The van der Waals surface area contributed by atoms with Gasteiger partial charge in [0.2, 0.25) is 5.91 Å². The van der Waals surface area contributed by atoms with Crippen molar-refractivity contribution in [1.82, 2.24) is 20.2 Å². The first-order valence-corrected chi connectivity index (χ1v) is 9.88. The molecule has 0 saturated carbocycles. The Balaban J connectivity index is 1.53. The number of amides is 1. The minimum Gasteiger partial charge on any atom is -0.497 e. The van der Waals surface area contributed by atoms with Gasteiger partial charge >= 0.3 is 0 Å². The number of hydrogen-bond acceptors (Lipinski definition) is 6. The number of rotatable bonds is 6. The highest BCUT2D eigenvalue weighted by molar-refractivity contribution is 7.91. The first-order chi connectivity index (χ1) is 11.9. The Morgan fingerprint density at radius 2 is 2.28 bits per heavy atom. The lowest BCUT2D eigenvalue weighted by atomic mass is 10.2. The van der Waals surface area contributed by atoms with Crippen LogP contribution in [0.3, 0.4) is 0 Å². The molecule has 2 N–H and O–H groups in total. The van der Waals surface area contributed by atoms with Crippen molar-refractivity contribution in [2.24, 2.45) is 0 Å². The van der Waals surface area contributed by atoms with Gasteiger partial charge in [0.25, 0.3) is 0 Å². The summed E-state index contributed by atoms with van der Waals surface area (Å²) >= 11 is 0. The summed E-state index contributed by atoms with van der Waals surface area (Å²) in [5.74, 6) is 1.56. The summed E-state index contributed by atoms with van der Waals surface area (Å²) < 4.78 is 28.2. The molecule has 9 heteroatoms. The number of carbonyl (C=O) groups excluding carboxylic acids is 1. The summed E-state index contributed by atoms with van der Waals surface area (Å²) in [6.07, 6.45) is 0.581. The van der Waals surface area contributed by atoms with Gasteiger partial charge in [-0.25, -0.2) is 13.4 Å².